The van der Waals surface area contributed by atoms with Crippen LogP contribution in [0.1, 0.15) is 32.3 Å². The Balaban J connectivity index is 2.22. The van der Waals surface area contributed by atoms with Gasteiger partial charge in [-0.15, -0.1) is 0 Å². The minimum Gasteiger partial charge on any atom is -0.0622 e. The van der Waals surface area contributed by atoms with Gasteiger partial charge in [-0.2, -0.15) is 0 Å². The zero-order valence-electron chi connectivity index (χ0n) is 14.8. The zero-order valence-corrected chi connectivity index (χ0v) is 15.7. The van der Waals surface area contributed by atoms with E-state index in [-0.39, 0.29) is 0 Å². The number of rotatable bonds is 5. The van der Waals surface area contributed by atoms with Crippen LogP contribution < -0.4 is 15.9 Å². The first-order chi connectivity index (χ1) is 11.7. The quantitative estimate of drug-likeness (QED) is 0.568. The average molecular weight is 333 g/mol. The van der Waals surface area contributed by atoms with Gasteiger partial charge in [-0.25, -0.2) is 0 Å². The Morgan fingerprint density at radius 1 is 0.625 bits per heavy atom. The van der Waals surface area contributed by atoms with Crippen LogP contribution >= 0.6 is 7.26 Å². The fourth-order valence-electron chi connectivity index (χ4n) is 3.47. The van der Waals surface area contributed by atoms with Gasteiger partial charge < -0.3 is 0 Å². The van der Waals surface area contributed by atoms with Crippen molar-refractivity contribution in [3.05, 3.63) is 90.5 Å². The van der Waals surface area contributed by atoms with Crippen molar-refractivity contribution < 1.29 is 0 Å². The van der Waals surface area contributed by atoms with Gasteiger partial charge in [0, 0.05) is 0 Å². The predicted molar refractivity (Wildman–Crippen MR) is 110 cm³/mol. The lowest BCUT2D eigenvalue weighted by Crippen LogP contribution is -2.32. The SMILES string of the molecule is CC[P](c1ccccc1)(c1ccccc1)c1ccc(C(C)C)cc1. The molecular weight excluding hydrogens is 307 g/mol. The lowest BCUT2D eigenvalue weighted by Gasteiger charge is -2.37. The Bertz CT molecular complexity index is 719. The normalized spacial score (nSPS) is 11.7. The highest BCUT2D eigenvalue weighted by Crippen LogP contribution is 2.54. The molecular formula is C23H26P. The van der Waals surface area contributed by atoms with Crippen molar-refractivity contribution in [2.45, 2.75) is 26.7 Å². The topological polar surface area (TPSA) is 0 Å². The van der Waals surface area contributed by atoms with Gasteiger partial charge in [0.15, 0.2) is 0 Å². The minimum absolute atomic E-state index is 0.571. The minimum atomic E-state index is -1.58. The largest absolute Gasteiger partial charge is 0.0622 e. The Kier molecular flexibility index (Phi) is 5.17. The molecule has 0 bridgehead atoms. The van der Waals surface area contributed by atoms with Crippen molar-refractivity contribution in [2.75, 3.05) is 6.16 Å². The zero-order chi connectivity index (χ0) is 17.0. The number of hydrogen-bond donors (Lipinski definition) is 0. The lowest BCUT2D eigenvalue weighted by atomic mass is 10.0. The van der Waals surface area contributed by atoms with E-state index in [4.69, 9.17) is 0 Å². The molecule has 1 radical (unpaired) electrons. The summed E-state index contributed by atoms with van der Waals surface area (Å²) in [5.74, 6) is 0.571. The standard InChI is InChI=1S/C23H26P/c1-4-24(21-11-7-5-8-12-21,22-13-9-6-10-14-22)23-17-15-20(16-18-23)19(2)3/h5-19H,4H2,1-3H3. The summed E-state index contributed by atoms with van der Waals surface area (Å²) in [6, 6.07) is 31.5. The van der Waals surface area contributed by atoms with Gasteiger partial charge in [0.25, 0.3) is 0 Å². The van der Waals surface area contributed by atoms with Crippen molar-refractivity contribution in [1.82, 2.24) is 0 Å². The molecule has 0 nitrogen and oxygen atoms in total. The monoisotopic (exact) mass is 333 g/mol. The predicted octanol–water partition coefficient (Wildman–Crippen LogP) is 5.12. The van der Waals surface area contributed by atoms with Gasteiger partial charge in [-0.05, 0) is 40.8 Å². The van der Waals surface area contributed by atoms with Gasteiger partial charge in [0.2, 0.25) is 0 Å². The van der Waals surface area contributed by atoms with E-state index >= 15 is 0 Å². The molecule has 3 rings (SSSR count). The van der Waals surface area contributed by atoms with E-state index in [9.17, 15) is 0 Å². The molecule has 0 saturated carbocycles. The molecule has 0 atom stereocenters. The van der Waals surface area contributed by atoms with Gasteiger partial charge in [-0.3, -0.25) is 0 Å². The van der Waals surface area contributed by atoms with Crippen LogP contribution in [0.3, 0.4) is 0 Å². The molecule has 0 unspecified atom stereocenters. The molecule has 0 aliphatic rings. The second kappa shape index (κ2) is 7.32. The Morgan fingerprint density at radius 3 is 1.42 bits per heavy atom. The first-order valence-electron chi connectivity index (χ1n) is 8.78. The summed E-state index contributed by atoms with van der Waals surface area (Å²) in [6.07, 6.45) is 1.14. The highest BCUT2D eigenvalue weighted by atomic mass is 31.2. The first-order valence-corrected chi connectivity index (χ1v) is 10.8. The maximum absolute atomic E-state index is 2.37. The van der Waals surface area contributed by atoms with Crippen LogP contribution in [0.15, 0.2) is 84.9 Å². The average Bonchev–Trinajstić information content (AvgIpc) is 2.65. The van der Waals surface area contributed by atoms with E-state index in [0.717, 1.165) is 6.16 Å². The van der Waals surface area contributed by atoms with Crippen LogP contribution in [0.25, 0.3) is 0 Å². The van der Waals surface area contributed by atoms with E-state index < -0.39 is 7.26 Å². The van der Waals surface area contributed by atoms with Crippen molar-refractivity contribution in [3.8, 4) is 0 Å². The van der Waals surface area contributed by atoms with Crippen molar-refractivity contribution in [2.24, 2.45) is 0 Å². The van der Waals surface area contributed by atoms with Gasteiger partial charge in [0.1, 0.15) is 0 Å². The second-order valence-electron chi connectivity index (χ2n) is 6.54. The van der Waals surface area contributed by atoms with Crippen molar-refractivity contribution >= 4 is 23.2 Å². The Hall–Kier alpha value is -1.91. The number of benzene rings is 3. The van der Waals surface area contributed by atoms with E-state index in [2.05, 4.69) is 106 Å². The summed E-state index contributed by atoms with van der Waals surface area (Å²) < 4.78 is 0. The van der Waals surface area contributed by atoms with Crippen LogP contribution in [-0.2, 0) is 0 Å². The Morgan fingerprint density at radius 2 is 1.04 bits per heavy atom. The molecule has 0 aromatic heterocycles. The van der Waals surface area contributed by atoms with E-state index in [1.807, 2.05) is 0 Å². The van der Waals surface area contributed by atoms with E-state index in [1.54, 1.807) is 0 Å². The molecule has 0 saturated heterocycles. The van der Waals surface area contributed by atoms with Crippen LogP contribution in [0.4, 0.5) is 0 Å². The summed E-state index contributed by atoms with van der Waals surface area (Å²) in [5, 5.41) is 4.42. The van der Waals surface area contributed by atoms with Crippen LogP contribution in [0, 0.1) is 0 Å². The first kappa shape index (κ1) is 16.9. The molecule has 123 valence electrons. The summed E-state index contributed by atoms with van der Waals surface area (Å²) >= 11 is 0. The number of hydrogen-bond acceptors (Lipinski definition) is 0. The third kappa shape index (κ3) is 3.04. The van der Waals surface area contributed by atoms with Gasteiger partial charge >= 0.3 is 0 Å². The maximum Gasteiger partial charge on any atom is -0.0196 e. The summed E-state index contributed by atoms with van der Waals surface area (Å²) in [7, 11) is -1.58. The molecule has 24 heavy (non-hydrogen) atoms. The molecule has 0 aliphatic heterocycles. The third-order valence-corrected chi connectivity index (χ3v) is 9.36. The maximum atomic E-state index is 2.37. The molecule has 0 heterocycles. The van der Waals surface area contributed by atoms with Crippen LogP contribution in [0.5, 0.6) is 0 Å². The summed E-state index contributed by atoms with van der Waals surface area (Å²) in [6.45, 7) is 6.85. The molecule has 0 fully saturated rings. The molecule has 1 heteroatoms. The lowest BCUT2D eigenvalue weighted by molar-refractivity contribution is 0.867. The molecule has 0 N–H and O–H groups in total. The second-order valence-corrected chi connectivity index (χ2v) is 10.3. The summed E-state index contributed by atoms with van der Waals surface area (Å²) in [5.41, 5.74) is 1.41. The van der Waals surface area contributed by atoms with Gasteiger partial charge in [0.05, 0.1) is 0 Å². The van der Waals surface area contributed by atoms with E-state index in [0.29, 0.717) is 5.92 Å². The smallest absolute Gasteiger partial charge is 0.0196 e. The molecule has 3 aromatic carbocycles. The summed E-state index contributed by atoms with van der Waals surface area (Å²) in [4.78, 5) is 0. The van der Waals surface area contributed by atoms with Crippen LogP contribution in [-0.4, -0.2) is 6.16 Å². The van der Waals surface area contributed by atoms with Gasteiger partial charge in [-0.1, -0.05) is 106 Å². The van der Waals surface area contributed by atoms with Crippen molar-refractivity contribution in [1.29, 1.82) is 0 Å². The third-order valence-electron chi connectivity index (χ3n) is 4.87. The fourth-order valence-corrected chi connectivity index (χ4v) is 7.48. The molecule has 0 aliphatic carbocycles. The highest BCUT2D eigenvalue weighted by molar-refractivity contribution is 7.95. The molecule has 0 amide bonds. The van der Waals surface area contributed by atoms with E-state index in [1.165, 1.54) is 21.5 Å². The highest BCUT2D eigenvalue weighted by Gasteiger charge is 2.31. The fraction of sp³-hybridized carbons (Fsp3) is 0.217. The molecule has 0 spiro atoms. The van der Waals surface area contributed by atoms with Crippen LogP contribution in [0.2, 0.25) is 0 Å². The molecule has 3 aromatic rings. The Labute approximate surface area is 146 Å². The van der Waals surface area contributed by atoms with Crippen molar-refractivity contribution in [3.63, 3.8) is 0 Å².